The highest BCUT2D eigenvalue weighted by molar-refractivity contribution is 5.83. The molecule has 6 heteroatoms. The molecule has 148 valence electrons. The third-order valence-electron chi connectivity index (χ3n) is 6.36. The number of aromatic nitrogens is 1. The molecule has 2 fully saturated rings. The second-order valence-corrected chi connectivity index (χ2v) is 7.95. The van der Waals surface area contributed by atoms with E-state index in [1.165, 1.54) is 0 Å². The molecule has 1 aliphatic heterocycles. The number of fused-ring (bicyclic) bond motifs is 1. The van der Waals surface area contributed by atoms with E-state index in [2.05, 4.69) is 6.07 Å². The molecule has 1 spiro atoms. The summed E-state index contributed by atoms with van der Waals surface area (Å²) >= 11 is 0. The van der Waals surface area contributed by atoms with Crippen molar-refractivity contribution in [2.45, 2.75) is 51.4 Å². The Morgan fingerprint density at radius 2 is 1.89 bits per heavy atom. The summed E-state index contributed by atoms with van der Waals surface area (Å²) in [5.74, 6) is 0.234. The molecule has 2 aromatic rings. The second-order valence-electron chi connectivity index (χ2n) is 7.95. The molecule has 0 bridgehead atoms. The lowest BCUT2D eigenvalue weighted by atomic mass is 9.71. The van der Waals surface area contributed by atoms with Crippen LogP contribution in [0.1, 0.15) is 37.7 Å². The summed E-state index contributed by atoms with van der Waals surface area (Å²) in [5.41, 5.74) is 1.31. The van der Waals surface area contributed by atoms with Crippen LogP contribution in [0.4, 0.5) is 0 Å². The average molecular weight is 382 g/mol. The normalized spacial score (nSPS) is 20.3. The topological polar surface area (TPSA) is 73.5 Å². The number of rotatable bonds is 4. The van der Waals surface area contributed by atoms with Gasteiger partial charge in [-0.25, -0.2) is 0 Å². The molecule has 0 unspecified atom stereocenters. The first-order chi connectivity index (χ1) is 13.5. The Kier molecular flexibility index (Phi) is 4.90. The highest BCUT2D eigenvalue weighted by Crippen LogP contribution is 2.46. The molecule has 1 saturated carbocycles. The van der Waals surface area contributed by atoms with Gasteiger partial charge in [-0.3, -0.25) is 4.79 Å². The summed E-state index contributed by atoms with van der Waals surface area (Å²) in [7, 11) is 1.62. The zero-order valence-electron chi connectivity index (χ0n) is 16.5. The Balaban J connectivity index is 1.60. The lowest BCUT2D eigenvalue weighted by Crippen LogP contribution is -2.40. The zero-order valence-corrected chi connectivity index (χ0v) is 16.5. The minimum absolute atomic E-state index is 0.0407. The highest BCUT2D eigenvalue weighted by atomic mass is 16.7. The van der Waals surface area contributed by atoms with E-state index in [1.54, 1.807) is 17.7 Å². The fourth-order valence-electron chi connectivity index (χ4n) is 4.52. The first kappa shape index (κ1) is 19.0. The van der Waals surface area contributed by atoms with Crippen LogP contribution in [0.5, 0.6) is 5.75 Å². The molecule has 1 aliphatic carbocycles. The first-order valence-corrected chi connectivity index (χ1v) is 9.87. The fourth-order valence-corrected chi connectivity index (χ4v) is 4.52. The SMILES string of the molecule is COc1ccc2c(C)cc(=O)n(CCC3(C#N)CCC4(CC3)OCCO4)c2c1. The second kappa shape index (κ2) is 7.23. The summed E-state index contributed by atoms with van der Waals surface area (Å²) in [4.78, 5) is 12.7. The van der Waals surface area contributed by atoms with Gasteiger partial charge in [0.2, 0.25) is 0 Å². The lowest BCUT2D eigenvalue weighted by Gasteiger charge is -2.40. The number of benzene rings is 1. The van der Waals surface area contributed by atoms with Crippen LogP contribution >= 0.6 is 0 Å². The van der Waals surface area contributed by atoms with E-state index in [9.17, 15) is 10.1 Å². The number of aryl methyl sites for hydroxylation is 2. The van der Waals surface area contributed by atoms with E-state index in [-0.39, 0.29) is 5.56 Å². The van der Waals surface area contributed by atoms with Crippen LogP contribution in [-0.2, 0) is 16.0 Å². The van der Waals surface area contributed by atoms with Crippen LogP contribution in [0.25, 0.3) is 10.9 Å². The molecule has 0 amide bonds. The predicted octanol–water partition coefficient (Wildman–Crippen LogP) is 3.54. The van der Waals surface area contributed by atoms with Gasteiger partial charge < -0.3 is 18.8 Å². The van der Waals surface area contributed by atoms with Gasteiger partial charge in [-0.15, -0.1) is 0 Å². The third kappa shape index (κ3) is 3.30. The Hall–Kier alpha value is -2.36. The van der Waals surface area contributed by atoms with Crippen LogP contribution in [0, 0.1) is 23.7 Å². The molecule has 2 aliphatic rings. The molecule has 2 heterocycles. The molecule has 1 saturated heterocycles. The van der Waals surface area contributed by atoms with Crippen molar-refractivity contribution in [3.05, 3.63) is 40.2 Å². The van der Waals surface area contributed by atoms with E-state index in [4.69, 9.17) is 14.2 Å². The molecule has 1 aromatic carbocycles. The van der Waals surface area contributed by atoms with Crippen molar-refractivity contribution in [1.82, 2.24) is 4.57 Å². The largest absolute Gasteiger partial charge is 0.497 e. The van der Waals surface area contributed by atoms with Crippen molar-refractivity contribution in [1.29, 1.82) is 5.26 Å². The number of hydrogen-bond donors (Lipinski definition) is 0. The summed E-state index contributed by atoms with van der Waals surface area (Å²) < 4.78 is 18.7. The maximum Gasteiger partial charge on any atom is 0.251 e. The van der Waals surface area contributed by atoms with Crippen molar-refractivity contribution in [2.75, 3.05) is 20.3 Å². The number of methoxy groups -OCH3 is 1. The molecular weight excluding hydrogens is 356 g/mol. The zero-order chi connectivity index (χ0) is 19.8. The third-order valence-corrected chi connectivity index (χ3v) is 6.36. The van der Waals surface area contributed by atoms with Gasteiger partial charge >= 0.3 is 0 Å². The van der Waals surface area contributed by atoms with Crippen LogP contribution in [0.3, 0.4) is 0 Å². The Labute approximate surface area is 164 Å². The van der Waals surface area contributed by atoms with Gasteiger partial charge in [0.25, 0.3) is 5.56 Å². The van der Waals surface area contributed by atoms with Crippen molar-refractivity contribution in [3.63, 3.8) is 0 Å². The summed E-state index contributed by atoms with van der Waals surface area (Å²) in [6.07, 6.45) is 3.56. The van der Waals surface area contributed by atoms with Crippen LogP contribution in [0.2, 0.25) is 0 Å². The monoisotopic (exact) mass is 382 g/mol. The van der Waals surface area contributed by atoms with Crippen molar-refractivity contribution in [2.24, 2.45) is 5.41 Å². The van der Waals surface area contributed by atoms with Gasteiger partial charge in [0.1, 0.15) is 5.75 Å². The fraction of sp³-hybridized carbons (Fsp3) is 0.545. The quantitative estimate of drug-likeness (QED) is 0.809. The maximum absolute atomic E-state index is 12.7. The van der Waals surface area contributed by atoms with Crippen LogP contribution in [0.15, 0.2) is 29.1 Å². The van der Waals surface area contributed by atoms with Gasteiger partial charge in [0, 0.05) is 36.9 Å². The Morgan fingerprint density at radius 3 is 2.54 bits per heavy atom. The van der Waals surface area contributed by atoms with Gasteiger partial charge in [-0.2, -0.15) is 5.26 Å². The minimum atomic E-state index is -0.485. The molecule has 4 rings (SSSR count). The van der Waals surface area contributed by atoms with E-state index in [1.807, 2.05) is 25.1 Å². The number of ether oxygens (including phenoxy) is 3. The number of pyridine rings is 1. The number of nitriles is 1. The summed E-state index contributed by atoms with van der Waals surface area (Å²) in [6, 6.07) is 10.0. The molecular formula is C22H26N2O4. The summed E-state index contributed by atoms with van der Waals surface area (Å²) in [6.45, 7) is 3.71. The Morgan fingerprint density at radius 1 is 1.18 bits per heavy atom. The average Bonchev–Trinajstić information content (AvgIpc) is 3.17. The van der Waals surface area contributed by atoms with Crippen molar-refractivity contribution >= 4 is 10.9 Å². The predicted molar refractivity (Wildman–Crippen MR) is 105 cm³/mol. The molecule has 0 atom stereocenters. The van der Waals surface area contributed by atoms with Gasteiger partial charge in [0.05, 0.1) is 37.3 Å². The number of hydrogen-bond acceptors (Lipinski definition) is 5. The molecule has 28 heavy (non-hydrogen) atoms. The van der Waals surface area contributed by atoms with Crippen LogP contribution in [-0.4, -0.2) is 30.7 Å². The van der Waals surface area contributed by atoms with Gasteiger partial charge in [0.15, 0.2) is 5.79 Å². The van der Waals surface area contributed by atoms with E-state index in [0.29, 0.717) is 26.2 Å². The smallest absolute Gasteiger partial charge is 0.251 e. The molecule has 6 nitrogen and oxygen atoms in total. The van der Waals surface area contributed by atoms with Crippen molar-refractivity contribution < 1.29 is 14.2 Å². The van der Waals surface area contributed by atoms with E-state index in [0.717, 1.165) is 47.9 Å². The minimum Gasteiger partial charge on any atom is -0.497 e. The first-order valence-electron chi connectivity index (χ1n) is 9.87. The highest BCUT2D eigenvalue weighted by Gasteiger charge is 2.46. The van der Waals surface area contributed by atoms with Crippen LogP contribution < -0.4 is 10.3 Å². The van der Waals surface area contributed by atoms with E-state index >= 15 is 0 Å². The molecule has 0 N–H and O–H groups in total. The maximum atomic E-state index is 12.7. The van der Waals surface area contributed by atoms with E-state index < -0.39 is 11.2 Å². The number of nitrogens with zero attached hydrogens (tertiary/aromatic N) is 2. The Bertz CT molecular complexity index is 972. The molecule has 0 radical (unpaired) electrons. The standard InChI is InChI=1S/C22H26N2O4/c1-16-13-20(25)24(19-14-17(26-2)3-4-18(16)19)10-9-21(15-23)5-7-22(8-6-21)27-11-12-28-22/h3-4,13-14H,5-12H2,1-2H3. The molecule has 1 aromatic heterocycles. The van der Waals surface area contributed by atoms with Gasteiger partial charge in [-0.05, 0) is 43.9 Å². The van der Waals surface area contributed by atoms with Gasteiger partial charge in [-0.1, -0.05) is 0 Å². The lowest BCUT2D eigenvalue weighted by molar-refractivity contribution is -0.187. The summed E-state index contributed by atoms with van der Waals surface area (Å²) in [5, 5.41) is 11.0. The van der Waals surface area contributed by atoms with Crippen molar-refractivity contribution in [3.8, 4) is 11.8 Å².